The van der Waals surface area contributed by atoms with E-state index in [4.69, 9.17) is 37.1 Å². The highest BCUT2D eigenvalue weighted by Crippen LogP contribution is 2.29. The molecule has 1 aromatic heterocycles. The molecule has 30 heavy (non-hydrogen) atoms. The van der Waals surface area contributed by atoms with Crippen molar-refractivity contribution < 1.29 is 18.7 Å². The summed E-state index contributed by atoms with van der Waals surface area (Å²) < 4.78 is 16.5. The SMILES string of the molecule is COc1ccc2oc(-c3cccc(NC(=O)COc4ccc(Cl)cc4Cl)c3)nc2c1. The van der Waals surface area contributed by atoms with Gasteiger partial charge in [-0.05, 0) is 48.5 Å². The monoisotopic (exact) mass is 442 g/mol. The molecule has 0 radical (unpaired) electrons. The maximum Gasteiger partial charge on any atom is 0.262 e. The van der Waals surface area contributed by atoms with Gasteiger partial charge in [0.25, 0.3) is 5.91 Å². The number of carbonyl (C=O) groups excluding carboxylic acids is 1. The van der Waals surface area contributed by atoms with E-state index in [2.05, 4.69) is 10.3 Å². The lowest BCUT2D eigenvalue weighted by Gasteiger charge is -2.09. The Morgan fingerprint density at radius 2 is 1.97 bits per heavy atom. The minimum Gasteiger partial charge on any atom is -0.497 e. The number of benzene rings is 3. The van der Waals surface area contributed by atoms with E-state index >= 15 is 0 Å². The minimum atomic E-state index is -0.333. The quantitative estimate of drug-likeness (QED) is 0.406. The normalized spacial score (nSPS) is 10.8. The molecule has 0 aliphatic rings. The first kappa shape index (κ1) is 20.1. The molecule has 1 heterocycles. The third kappa shape index (κ3) is 4.50. The number of anilines is 1. The number of carbonyl (C=O) groups is 1. The van der Waals surface area contributed by atoms with E-state index < -0.39 is 0 Å². The summed E-state index contributed by atoms with van der Waals surface area (Å²) in [6, 6.07) is 17.4. The predicted molar refractivity (Wildman–Crippen MR) is 117 cm³/mol. The lowest BCUT2D eigenvalue weighted by molar-refractivity contribution is -0.118. The molecule has 0 aliphatic heterocycles. The molecule has 6 nitrogen and oxygen atoms in total. The molecule has 152 valence electrons. The minimum absolute atomic E-state index is 0.200. The maximum atomic E-state index is 12.3. The van der Waals surface area contributed by atoms with E-state index in [-0.39, 0.29) is 12.5 Å². The third-order valence-corrected chi connectivity index (χ3v) is 4.77. The molecule has 0 atom stereocenters. The van der Waals surface area contributed by atoms with Gasteiger partial charge in [-0.1, -0.05) is 29.3 Å². The summed E-state index contributed by atoms with van der Waals surface area (Å²) in [7, 11) is 1.60. The molecule has 0 spiro atoms. The summed E-state index contributed by atoms with van der Waals surface area (Å²) in [5.41, 5.74) is 2.65. The standard InChI is InChI=1S/C22H16Cl2N2O4/c1-28-16-6-8-20-18(11-16)26-22(30-20)13-3-2-4-15(9-13)25-21(27)12-29-19-7-5-14(23)10-17(19)24/h2-11H,12H2,1H3,(H,25,27). The number of oxazole rings is 1. The lowest BCUT2D eigenvalue weighted by Crippen LogP contribution is -2.20. The average molecular weight is 443 g/mol. The summed E-state index contributed by atoms with van der Waals surface area (Å²) in [6.45, 7) is -0.200. The van der Waals surface area contributed by atoms with Crippen molar-refractivity contribution in [3.05, 3.63) is 70.7 Å². The number of nitrogens with one attached hydrogen (secondary N) is 1. The first-order valence-corrected chi connectivity index (χ1v) is 9.70. The number of rotatable bonds is 6. The fourth-order valence-corrected chi connectivity index (χ4v) is 3.28. The number of hydrogen-bond acceptors (Lipinski definition) is 5. The Kier molecular flexibility index (Phi) is 5.79. The van der Waals surface area contributed by atoms with Crippen LogP contribution in [0, 0.1) is 0 Å². The van der Waals surface area contributed by atoms with E-state index in [1.807, 2.05) is 6.07 Å². The Morgan fingerprint density at radius 3 is 2.77 bits per heavy atom. The molecule has 0 fully saturated rings. The smallest absolute Gasteiger partial charge is 0.262 e. The number of methoxy groups -OCH3 is 1. The molecule has 4 rings (SSSR count). The zero-order valence-electron chi connectivity index (χ0n) is 15.8. The first-order chi connectivity index (χ1) is 14.5. The van der Waals surface area contributed by atoms with Gasteiger partial charge in [0, 0.05) is 22.3 Å². The Labute approximate surface area is 182 Å². The molecule has 0 bridgehead atoms. The Balaban J connectivity index is 1.46. The van der Waals surface area contributed by atoms with Gasteiger partial charge in [0.2, 0.25) is 5.89 Å². The van der Waals surface area contributed by atoms with Gasteiger partial charge < -0.3 is 19.2 Å². The van der Waals surface area contributed by atoms with Crippen LogP contribution in [0.4, 0.5) is 5.69 Å². The van der Waals surface area contributed by atoms with Crippen LogP contribution in [0.1, 0.15) is 0 Å². The second kappa shape index (κ2) is 8.65. The zero-order chi connectivity index (χ0) is 21.1. The Bertz CT molecular complexity index is 1220. The molecule has 0 saturated heterocycles. The highest BCUT2D eigenvalue weighted by molar-refractivity contribution is 6.35. The van der Waals surface area contributed by atoms with Crippen molar-refractivity contribution in [3.63, 3.8) is 0 Å². The van der Waals surface area contributed by atoms with Crippen LogP contribution < -0.4 is 14.8 Å². The number of hydrogen-bond donors (Lipinski definition) is 1. The number of amides is 1. The second-order valence-corrected chi connectivity index (χ2v) is 7.19. The molecule has 8 heteroatoms. The molecule has 1 amide bonds. The van der Waals surface area contributed by atoms with Crippen molar-refractivity contribution in [3.8, 4) is 23.0 Å². The highest BCUT2D eigenvalue weighted by Gasteiger charge is 2.11. The topological polar surface area (TPSA) is 73.6 Å². The van der Waals surface area contributed by atoms with Gasteiger partial charge in [0.05, 0.1) is 12.1 Å². The molecular weight excluding hydrogens is 427 g/mol. The zero-order valence-corrected chi connectivity index (χ0v) is 17.3. The second-order valence-electron chi connectivity index (χ2n) is 6.35. The average Bonchev–Trinajstić information content (AvgIpc) is 3.16. The largest absolute Gasteiger partial charge is 0.497 e. The lowest BCUT2D eigenvalue weighted by atomic mass is 10.2. The molecule has 0 aliphatic carbocycles. The van der Waals surface area contributed by atoms with E-state index in [0.717, 1.165) is 5.56 Å². The van der Waals surface area contributed by atoms with Crippen LogP contribution in [0.2, 0.25) is 10.0 Å². The molecule has 0 saturated carbocycles. The fourth-order valence-electron chi connectivity index (χ4n) is 2.82. The predicted octanol–water partition coefficient (Wildman–Crippen LogP) is 5.83. The third-order valence-electron chi connectivity index (χ3n) is 4.24. The van der Waals surface area contributed by atoms with Crippen molar-refractivity contribution >= 4 is 45.9 Å². The van der Waals surface area contributed by atoms with Crippen LogP contribution in [-0.4, -0.2) is 24.6 Å². The number of fused-ring (bicyclic) bond motifs is 1. The molecule has 3 aromatic carbocycles. The van der Waals surface area contributed by atoms with Gasteiger partial charge >= 0.3 is 0 Å². The van der Waals surface area contributed by atoms with E-state index in [9.17, 15) is 4.79 Å². The first-order valence-electron chi connectivity index (χ1n) is 8.94. The van der Waals surface area contributed by atoms with Crippen molar-refractivity contribution in [2.75, 3.05) is 19.0 Å². The van der Waals surface area contributed by atoms with Gasteiger partial charge in [0.15, 0.2) is 12.2 Å². The number of halogens is 2. The van der Waals surface area contributed by atoms with E-state index in [0.29, 0.717) is 44.2 Å². The van der Waals surface area contributed by atoms with Crippen LogP contribution in [0.5, 0.6) is 11.5 Å². The van der Waals surface area contributed by atoms with Crippen molar-refractivity contribution in [1.29, 1.82) is 0 Å². The van der Waals surface area contributed by atoms with Crippen LogP contribution in [0.25, 0.3) is 22.6 Å². The van der Waals surface area contributed by atoms with Crippen molar-refractivity contribution in [1.82, 2.24) is 4.98 Å². The van der Waals surface area contributed by atoms with Crippen LogP contribution in [-0.2, 0) is 4.79 Å². The number of aromatic nitrogens is 1. The summed E-state index contributed by atoms with van der Waals surface area (Å²) in [4.78, 5) is 16.8. The van der Waals surface area contributed by atoms with E-state index in [1.165, 1.54) is 0 Å². The van der Waals surface area contributed by atoms with Crippen LogP contribution >= 0.6 is 23.2 Å². The summed E-state index contributed by atoms with van der Waals surface area (Å²) in [5.74, 6) is 1.19. The highest BCUT2D eigenvalue weighted by atomic mass is 35.5. The van der Waals surface area contributed by atoms with Crippen molar-refractivity contribution in [2.45, 2.75) is 0 Å². The van der Waals surface area contributed by atoms with Crippen molar-refractivity contribution in [2.24, 2.45) is 0 Å². The van der Waals surface area contributed by atoms with Gasteiger partial charge in [-0.3, -0.25) is 4.79 Å². The molecule has 0 unspecified atom stereocenters. The summed E-state index contributed by atoms with van der Waals surface area (Å²) >= 11 is 11.9. The fraction of sp³-hybridized carbons (Fsp3) is 0.0909. The number of nitrogens with zero attached hydrogens (tertiary/aromatic N) is 1. The Morgan fingerprint density at radius 1 is 1.10 bits per heavy atom. The van der Waals surface area contributed by atoms with Crippen LogP contribution in [0.3, 0.4) is 0 Å². The van der Waals surface area contributed by atoms with Gasteiger partial charge in [-0.2, -0.15) is 0 Å². The summed E-state index contributed by atoms with van der Waals surface area (Å²) in [6.07, 6.45) is 0. The summed E-state index contributed by atoms with van der Waals surface area (Å²) in [5, 5.41) is 3.61. The van der Waals surface area contributed by atoms with Crippen LogP contribution in [0.15, 0.2) is 65.1 Å². The van der Waals surface area contributed by atoms with E-state index in [1.54, 1.807) is 61.7 Å². The Hall–Kier alpha value is -3.22. The van der Waals surface area contributed by atoms with Gasteiger partial charge in [0.1, 0.15) is 17.0 Å². The number of ether oxygens (including phenoxy) is 2. The maximum absolute atomic E-state index is 12.3. The molecule has 1 N–H and O–H groups in total. The van der Waals surface area contributed by atoms with Gasteiger partial charge in [-0.25, -0.2) is 4.98 Å². The molecule has 4 aromatic rings. The molecular formula is C22H16Cl2N2O4. The van der Waals surface area contributed by atoms with Gasteiger partial charge in [-0.15, -0.1) is 0 Å².